The Balaban J connectivity index is 2.54. The molecular weight excluding hydrogens is 295 g/mol. The molecule has 0 N–H and O–H groups in total. The van der Waals surface area contributed by atoms with E-state index in [-0.39, 0.29) is 5.69 Å². The number of rotatable bonds is 5. The number of ether oxygens (including phenoxy) is 1. The Morgan fingerprint density at radius 2 is 1.83 bits per heavy atom. The van der Waals surface area contributed by atoms with Gasteiger partial charge in [0, 0.05) is 0 Å². The van der Waals surface area contributed by atoms with Crippen LogP contribution in [-0.4, -0.2) is 30.8 Å². The molecule has 0 heterocycles. The van der Waals surface area contributed by atoms with Gasteiger partial charge in [-0.25, -0.2) is 0 Å². The SMILES string of the molecule is [CH3][Ge]([CH3])([CH3])[CH2]COC(=O)c1ccc([N+](=O)[O-])cc1. The molecule has 98 valence electrons. The molecule has 1 aromatic rings. The Labute approximate surface area is 109 Å². The molecule has 0 atom stereocenters. The Kier molecular flexibility index (Phi) is 4.89. The van der Waals surface area contributed by atoms with Gasteiger partial charge in [0.1, 0.15) is 0 Å². The van der Waals surface area contributed by atoms with Gasteiger partial charge in [0.2, 0.25) is 0 Å². The van der Waals surface area contributed by atoms with Crippen molar-refractivity contribution < 1.29 is 14.5 Å². The van der Waals surface area contributed by atoms with Crippen molar-refractivity contribution >= 4 is 24.9 Å². The number of hydrogen-bond acceptors (Lipinski definition) is 4. The second-order valence-corrected chi connectivity index (χ2v) is 17.0. The molecule has 0 unspecified atom stereocenters. The first kappa shape index (κ1) is 14.7. The number of hydrogen-bond donors (Lipinski definition) is 0. The second-order valence-electron chi connectivity index (χ2n) is 5.25. The third-order valence-electron chi connectivity index (χ3n) is 2.40. The van der Waals surface area contributed by atoms with E-state index in [1.165, 1.54) is 24.3 Å². The van der Waals surface area contributed by atoms with Crippen LogP contribution in [0.3, 0.4) is 0 Å². The van der Waals surface area contributed by atoms with Crippen LogP contribution in [0.5, 0.6) is 0 Å². The quantitative estimate of drug-likeness (QED) is 0.362. The maximum absolute atomic E-state index is 11.6. The number of nitrogens with zero attached hydrogens (tertiary/aromatic N) is 1. The third kappa shape index (κ3) is 4.87. The Morgan fingerprint density at radius 1 is 1.28 bits per heavy atom. The van der Waals surface area contributed by atoms with Gasteiger partial charge < -0.3 is 0 Å². The summed E-state index contributed by atoms with van der Waals surface area (Å²) in [6, 6.07) is 5.44. The fraction of sp³-hybridized carbons (Fsp3) is 0.417. The fourth-order valence-electron chi connectivity index (χ4n) is 1.25. The van der Waals surface area contributed by atoms with E-state index >= 15 is 0 Å². The summed E-state index contributed by atoms with van der Waals surface area (Å²) >= 11 is -1.68. The summed E-state index contributed by atoms with van der Waals surface area (Å²) < 4.78 is 5.14. The number of non-ortho nitro benzene ring substituents is 1. The molecule has 0 aliphatic carbocycles. The topological polar surface area (TPSA) is 69.4 Å². The van der Waals surface area contributed by atoms with Gasteiger partial charge in [0.25, 0.3) is 0 Å². The van der Waals surface area contributed by atoms with E-state index in [1.807, 2.05) is 0 Å². The van der Waals surface area contributed by atoms with E-state index in [4.69, 9.17) is 4.74 Å². The molecule has 0 spiro atoms. The zero-order valence-electron chi connectivity index (χ0n) is 10.8. The Hall–Kier alpha value is -1.37. The van der Waals surface area contributed by atoms with Gasteiger partial charge in [0.15, 0.2) is 0 Å². The first-order chi connectivity index (χ1) is 8.29. The predicted octanol–water partition coefficient (Wildman–Crippen LogP) is 3.09. The molecule has 0 aromatic heterocycles. The number of nitro benzene ring substituents is 1. The number of esters is 1. The van der Waals surface area contributed by atoms with Crippen LogP contribution >= 0.6 is 0 Å². The molecule has 0 radical (unpaired) electrons. The summed E-state index contributed by atoms with van der Waals surface area (Å²) in [5.41, 5.74) is 0.318. The van der Waals surface area contributed by atoms with Crippen molar-refractivity contribution in [1.29, 1.82) is 0 Å². The monoisotopic (exact) mass is 313 g/mol. The molecule has 5 nitrogen and oxygen atoms in total. The van der Waals surface area contributed by atoms with Crippen molar-refractivity contribution in [2.75, 3.05) is 6.61 Å². The van der Waals surface area contributed by atoms with E-state index in [0.29, 0.717) is 12.2 Å². The summed E-state index contributed by atoms with van der Waals surface area (Å²) in [4.78, 5) is 21.6. The van der Waals surface area contributed by atoms with Crippen molar-refractivity contribution in [3.05, 3.63) is 39.9 Å². The minimum atomic E-state index is -1.68. The summed E-state index contributed by atoms with van der Waals surface area (Å²) in [6.45, 7) is 0.430. The van der Waals surface area contributed by atoms with Gasteiger partial charge in [-0.1, -0.05) is 0 Å². The predicted molar refractivity (Wildman–Crippen MR) is 71.5 cm³/mol. The van der Waals surface area contributed by atoms with Gasteiger partial charge in [-0.3, -0.25) is 0 Å². The number of nitro groups is 1. The third-order valence-corrected chi connectivity index (χ3v) is 5.97. The van der Waals surface area contributed by atoms with Crippen molar-refractivity contribution in [2.24, 2.45) is 0 Å². The first-order valence-electron chi connectivity index (χ1n) is 5.71. The summed E-state index contributed by atoms with van der Waals surface area (Å²) in [7, 11) is 0. The van der Waals surface area contributed by atoms with Gasteiger partial charge in [0.05, 0.1) is 0 Å². The van der Waals surface area contributed by atoms with E-state index in [1.54, 1.807) is 0 Å². The van der Waals surface area contributed by atoms with Crippen molar-refractivity contribution in [1.82, 2.24) is 0 Å². The number of carbonyl (C=O) groups is 1. The summed E-state index contributed by atoms with van der Waals surface area (Å²) in [5, 5.41) is 11.4. The van der Waals surface area contributed by atoms with E-state index in [2.05, 4.69) is 17.3 Å². The molecule has 0 saturated carbocycles. The molecular formula is C12H17GeNO4. The molecule has 1 aromatic carbocycles. The zero-order valence-corrected chi connectivity index (χ0v) is 12.9. The average molecular weight is 312 g/mol. The average Bonchev–Trinajstić information content (AvgIpc) is 2.27. The Morgan fingerprint density at radius 3 is 2.28 bits per heavy atom. The van der Waals surface area contributed by atoms with E-state index < -0.39 is 24.2 Å². The van der Waals surface area contributed by atoms with E-state index in [0.717, 1.165) is 5.25 Å². The molecule has 0 amide bonds. The molecule has 0 bridgehead atoms. The molecule has 0 saturated heterocycles. The molecule has 0 aliphatic rings. The van der Waals surface area contributed by atoms with Crippen LogP contribution < -0.4 is 0 Å². The molecule has 0 fully saturated rings. The van der Waals surface area contributed by atoms with E-state index in [9.17, 15) is 14.9 Å². The van der Waals surface area contributed by atoms with Gasteiger partial charge in [-0.05, 0) is 0 Å². The van der Waals surface area contributed by atoms with Crippen LogP contribution in [0.2, 0.25) is 22.5 Å². The van der Waals surface area contributed by atoms with Crippen LogP contribution in [0.15, 0.2) is 24.3 Å². The Bertz CT molecular complexity index is 436. The molecule has 18 heavy (non-hydrogen) atoms. The molecule has 0 aliphatic heterocycles. The minimum absolute atomic E-state index is 0.0313. The second kappa shape index (κ2) is 5.99. The van der Waals surface area contributed by atoms with Crippen LogP contribution in [0.25, 0.3) is 0 Å². The van der Waals surface area contributed by atoms with Crippen molar-refractivity contribution in [2.45, 2.75) is 22.5 Å². The van der Waals surface area contributed by atoms with Crippen molar-refractivity contribution in [3.63, 3.8) is 0 Å². The van der Waals surface area contributed by atoms with Crippen LogP contribution in [0.4, 0.5) is 5.69 Å². The zero-order chi connectivity index (χ0) is 13.8. The fourth-order valence-corrected chi connectivity index (χ4v) is 2.75. The summed E-state index contributed by atoms with van der Waals surface area (Å²) in [5.74, 6) is 6.33. The van der Waals surface area contributed by atoms with Crippen LogP contribution in [0, 0.1) is 10.1 Å². The van der Waals surface area contributed by atoms with Gasteiger partial charge in [-0.15, -0.1) is 0 Å². The van der Waals surface area contributed by atoms with Crippen molar-refractivity contribution in [3.8, 4) is 0 Å². The van der Waals surface area contributed by atoms with Crippen LogP contribution in [-0.2, 0) is 4.74 Å². The maximum atomic E-state index is 11.6. The molecule has 1 rings (SSSR count). The number of benzene rings is 1. The number of carbonyl (C=O) groups excluding carboxylic acids is 1. The first-order valence-corrected chi connectivity index (χ1v) is 13.5. The molecule has 6 heteroatoms. The normalized spacial score (nSPS) is 11.1. The van der Waals surface area contributed by atoms with Gasteiger partial charge in [-0.2, -0.15) is 0 Å². The van der Waals surface area contributed by atoms with Crippen LogP contribution in [0.1, 0.15) is 10.4 Å². The standard InChI is InChI=1S/C12H17GeNO4/c1-13(2,3)8-9-18-12(15)10-4-6-11(7-5-10)14(16)17/h4-7H,8-9H2,1-3H3. The van der Waals surface area contributed by atoms with Gasteiger partial charge >= 0.3 is 108 Å². The summed E-state index contributed by atoms with van der Waals surface area (Å²) in [6.07, 6.45) is 0.